The lowest BCUT2D eigenvalue weighted by Gasteiger charge is -2.42. The molecule has 0 aliphatic carbocycles. The minimum absolute atomic E-state index is 0.277. The number of fused-ring (bicyclic) bond motifs is 1. The molecule has 1 saturated heterocycles. The number of β-amino-alcohol motifs (C(OH)–C–C–N with tert-alkyl or cyclic N) is 1. The predicted molar refractivity (Wildman–Crippen MR) is 89.1 cm³/mol. The molecule has 1 N–H and O–H groups in total. The van der Waals surface area contributed by atoms with Crippen LogP contribution in [-0.2, 0) is 0 Å². The number of aliphatic hydroxyl groups excluding tert-OH is 1. The molecule has 1 fully saturated rings. The number of para-hydroxylation sites is 2. The largest absolute Gasteiger partial charge is 0.392 e. The van der Waals surface area contributed by atoms with Gasteiger partial charge in [-0.15, -0.1) is 0 Å². The van der Waals surface area contributed by atoms with Gasteiger partial charge >= 0.3 is 0 Å². The minimum Gasteiger partial charge on any atom is -0.392 e. The summed E-state index contributed by atoms with van der Waals surface area (Å²) in [5, 5.41) is 9.64. The van der Waals surface area contributed by atoms with E-state index in [2.05, 4.69) is 21.7 Å². The van der Waals surface area contributed by atoms with E-state index in [1.54, 1.807) is 0 Å². The molecular weight excluding hydrogens is 276 g/mol. The zero-order valence-electron chi connectivity index (χ0n) is 13.3. The van der Waals surface area contributed by atoms with Crippen molar-refractivity contribution >= 4 is 16.9 Å². The maximum absolute atomic E-state index is 9.64. The molecule has 0 spiro atoms. The number of benzene rings is 1. The predicted octanol–water partition coefficient (Wildman–Crippen LogP) is 1.91. The van der Waals surface area contributed by atoms with Crippen LogP contribution in [0.15, 0.2) is 30.5 Å². The number of aromatic nitrogens is 2. The Morgan fingerprint density at radius 2 is 2.05 bits per heavy atom. The SMILES string of the molecule is CC[C@@H]1CN(c2cnc3ccccc3n2)CCN1C[C@H](C)O. The number of hydrogen-bond donors (Lipinski definition) is 1. The van der Waals surface area contributed by atoms with Crippen LogP contribution >= 0.6 is 0 Å². The van der Waals surface area contributed by atoms with Crippen molar-refractivity contribution in [2.24, 2.45) is 0 Å². The second-order valence-electron chi connectivity index (χ2n) is 6.07. The molecule has 0 amide bonds. The van der Waals surface area contributed by atoms with Gasteiger partial charge in [0, 0.05) is 32.2 Å². The van der Waals surface area contributed by atoms with Crippen molar-refractivity contribution in [1.29, 1.82) is 0 Å². The van der Waals surface area contributed by atoms with E-state index in [0.717, 1.165) is 49.5 Å². The smallest absolute Gasteiger partial charge is 0.147 e. The van der Waals surface area contributed by atoms with Gasteiger partial charge in [-0.05, 0) is 25.5 Å². The number of nitrogens with zero attached hydrogens (tertiary/aromatic N) is 4. The van der Waals surface area contributed by atoms with Gasteiger partial charge in [-0.3, -0.25) is 9.88 Å². The van der Waals surface area contributed by atoms with Crippen molar-refractivity contribution in [2.75, 3.05) is 31.1 Å². The number of anilines is 1. The normalized spacial score (nSPS) is 21.2. The molecule has 3 rings (SSSR count). The third-order valence-corrected chi connectivity index (χ3v) is 4.33. The Kier molecular flexibility index (Phi) is 4.55. The summed E-state index contributed by atoms with van der Waals surface area (Å²) in [6.07, 6.45) is 2.67. The first-order chi connectivity index (χ1) is 10.7. The van der Waals surface area contributed by atoms with E-state index in [9.17, 15) is 5.11 Å². The summed E-state index contributed by atoms with van der Waals surface area (Å²) < 4.78 is 0. The molecule has 2 heterocycles. The molecule has 118 valence electrons. The van der Waals surface area contributed by atoms with Gasteiger partial charge in [0.15, 0.2) is 0 Å². The molecule has 1 aromatic carbocycles. The van der Waals surface area contributed by atoms with Gasteiger partial charge < -0.3 is 10.0 Å². The Bertz CT molecular complexity index is 631. The van der Waals surface area contributed by atoms with E-state index >= 15 is 0 Å². The Balaban J connectivity index is 1.77. The lowest BCUT2D eigenvalue weighted by Crippen LogP contribution is -2.54. The number of aliphatic hydroxyl groups is 1. The van der Waals surface area contributed by atoms with Crippen LogP contribution in [0, 0.1) is 0 Å². The molecule has 2 aromatic rings. The molecule has 1 aromatic heterocycles. The van der Waals surface area contributed by atoms with Crippen LogP contribution in [0.25, 0.3) is 11.0 Å². The summed E-state index contributed by atoms with van der Waals surface area (Å²) in [5.74, 6) is 0.953. The zero-order chi connectivity index (χ0) is 15.5. The van der Waals surface area contributed by atoms with Gasteiger partial charge in [0.05, 0.1) is 23.3 Å². The highest BCUT2D eigenvalue weighted by atomic mass is 16.3. The summed E-state index contributed by atoms with van der Waals surface area (Å²) >= 11 is 0. The van der Waals surface area contributed by atoms with Gasteiger partial charge in [-0.2, -0.15) is 0 Å². The van der Waals surface area contributed by atoms with Crippen LogP contribution in [0.5, 0.6) is 0 Å². The summed E-state index contributed by atoms with van der Waals surface area (Å²) in [6.45, 7) is 7.63. The van der Waals surface area contributed by atoms with Crippen molar-refractivity contribution in [2.45, 2.75) is 32.4 Å². The second kappa shape index (κ2) is 6.58. The summed E-state index contributed by atoms with van der Waals surface area (Å²) in [4.78, 5) is 14.0. The Hall–Kier alpha value is -1.72. The first kappa shape index (κ1) is 15.2. The molecule has 0 bridgehead atoms. The molecule has 0 radical (unpaired) electrons. The molecular formula is C17H24N4O. The average molecular weight is 300 g/mol. The van der Waals surface area contributed by atoms with E-state index in [-0.39, 0.29) is 6.10 Å². The van der Waals surface area contributed by atoms with Crippen molar-refractivity contribution in [3.8, 4) is 0 Å². The van der Waals surface area contributed by atoms with E-state index < -0.39 is 0 Å². The van der Waals surface area contributed by atoms with Gasteiger partial charge in [0.2, 0.25) is 0 Å². The fourth-order valence-electron chi connectivity index (χ4n) is 3.17. The first-order valence-electron chi connectivity index (χ1n) is 8.06. The van der Waals surface area contributed by atoms with Crippen molar-refractivity contribution in [1.82, 2.24) is 14.9 Å². The maximum atomic E-state index is 9.64. The Morgan fingerprint density at radius 3 is 2.77 bits per heavy atom. The van der Waals surface area contributed by atoms with E-state index in [1.807, 2.05) is 37.4 Å². The second-order valence-corrected chi connectivity index (χ2v) is 6.07. The van der Waals surface area contributed by atoms with Gasteiger partial charge in [-0.1, -0.05) is 19.1 Å². The first-order valence-corrected chi connectivity index (χ1v) is 8.06. The van der Waals surface area contributed by atoms with Crippen LogP contribution in [0.4, 0.5) is 5.82 Å². The quantitative estimate of drug-likeness (QED) is 0.935. The highest BCUT2D eigenvalue weighted by Crippen LogP contribution is 2.20. The third-order valence-electron chi connectivity index (χ3n) is 4.33. The van der Waals surface area contributed by atoms with Crippen molar-refractivity contribution in [3.63, 3.8) is 0 Å². The number of hydrogen-bond acceptors (Lipinski definition) is 5. The Morgan fingerprint density at radius 1 is 1.27 bits per heavy atom. The minimum atomic E-state index is -0.277. The van der Waals surface area contributed by atoms with Crippen LogP contribution in [-0.4, -0.2) is 58.3 Å². The average Bonchev–Trinajstić information content (AvgIpc) is 2.54. The number of piperazine rings is 1. The molecule has 0 unspecified atom stereocenters. The van der Waals surface area contributed by atoms with Gasteiger partial charge in [0.25, 0.3) is 0 Å². The fourth-order valence-corrected chi connectivity index (χ4v) is 3.17. The highest BCUT2D eigenvalue weighted by molar-refractivity contribution is 5.75. The van der Waals surface area contributed by atoms with Crippen LogP contribution in [0.1, 0.15) is 20.3 Å². The molecule has 2 atom stereocenters. The topological polar surface area (TPSA) is 52.5 Å². The van der Waals surface area contributed by atoms with E-state index in [1.165, 1.54) is 0 Å². The lowest BCUT2D eigenvalue weighted by molar-refractivity contribution is 0.0884. The van der Waals surface area contributed by atoms with Crippen molar-refractivity contribution < 1.29 is 5.11 Å². The molecule has 5 nitrogen and oxygen atoms in total. The maximum Gasteiger partial charge on any atom is 0.147 e. The zero-order valence-corrected chi connectivity index (χ0v) is 13.3. The number of rotatable bonds is 4. The summed E-state index contributed by atoms with van der Waals surface area (Å²) in [7, 11) is 0. The van der Waals surface area contributed by atoms with Gasteiger partial charge in [0.1, 0.15) is 5.82 Å². The van der Waals surface area contributed by atoms with Gasteiger partial charge in [-0.25, -0.2) is 4.98 Å². The molecule has 1 aliphatic heterocycles. The lowest BCUT2D eigenvalue weighted by atomic mass is 10.1. The summed E-state index contributed by atoms with van der Waals surface area (Å²) in [5.41, 5.74) is 1.88. The van der Waals surface area contributed by atoms with Crippen LogP contribution in [0.2, 0.25) is 0 Å². The third kappa shape index (κ3) is 3.20. The van der Waals surface area contributed by atoms with Crippen molar-refractivity contribution in [3.05, 3.63) is 30.5 Å². The van der Waals surface area contributed by atoms with Crippen LogP contribution < -0.4 is 4.90 Å². The van der Waals surface area contributed by atoms with E-state index in [0.29, 0.717) is 6.04 Å². The molecule has 0 saturated carbocycles. The van der Waals surface area contributed by atoms with E-state index in [4.69, 9.17) is 4.98 Å². The van der Waals surface area contributed by atoms with Crippen LogP contribution in [0.3, 0.4) is 0 Å². The molecule has 1 aliphatic rings. The molecule has 22 heavy (non-hydrogen) atoms. The standard InChI is InChI=1S/C17H24N4O/c1-3-14-12-21(9-8-20(14)11-13(2)22)17-10-18-15-6-4-5-7-16(15)19-17/h4-7,10,13-14,22H,3,8-9,11-12H2,1-2H3/t13-,14+/m0/s1. The highest BCUT2D eigenvalue weighted by Gasteiger charge is 2.27. The summed E-state index contributed by atoms with van der Waals surface area (Å²) in [6, 6.07) is 8.43. The molecule has 5 heteroatoms. The Labute approximate surface area is 131 Å². The monoisotopic (exact) mass is 300 g/mol. The fraction of sp³-hybridized carbons (Fsp3) is 0.529.